The summed E-state index contributed by atoms with van der Waals surface area (Å²) in [5, 5.41) is 25.9. The van der Waals surface area contributed by atoms with Gasteiger partial charge in [-0.1, -0.05) is 146 Å². The maximum absolute atomic E-state index is 2.59. The number of nitrogens with zero attached hydrogens (tertiary/aromatic N) is 1. The Morgan fingerprint density at radius 1 is 0.213 bits per heavy atom. The number of fused-ring (bicyclic) bond motifs is 3. The lowest BCUT2D eigenvalue weighted by molar-refractivity contribution is 1.20. The molecule has 0 radical (unpaired) electrons. The molecular weight excluding hydrogens is 735 g/mol. The van der Waals surface area contributed by atoms with Gasteiger partial charge in [0.2, 0.25) is 0 Å². The van der Waals surface area contributed by atoms with Crippen LogP contribution in [0, 0.1) is 0 Å². The summed E-state index contributed by atoms with van der Waals surface area (Å²) in [6, 6.07) is 75.9. The van der Waals surface area contributed by atoms with Gasteiger partial charge in [0.15, 0.2) is 0 Å². The molecule has 15 rings (SSSR count). The molecule has 0 atom stereocenters. The molecule has 278 valence electrons. The quantitative estimate of drug-likeness (QED) is 0.158. The Kier molecular flexibility index (Phi) is 5.96. The lowest BCUT2D eigenvalue weighted by atomic mass is 9.90. The van der Waals surface area contributed by atoms with E-state index in [-0.39, 0.29) is 0 Å². The fraction of sp³-hybridized carbons (Fsp3) is 0. The van der Waals surface area contributed by atoms with Crippen LogP contribution < -0.4 is 0 Å². The van der Waals surface area contributed by atoms with Crippen LogP contribution in [0.15, 0.2) is 200 Å². The van der Waals surface area contributed by atoms with Crippen molar-refractivity contribution >= 4 is 119 Å². The second-order valence-corrected chi connectivity index (χ2v) is 17.3. The summed E-state index contributed by atoms with van der Waals surface area (Å²) in [5.74, 6) is 0. The monoisotopic (exact) mass is 767 g/mol. The van der Waals surface area contributed by atoms with Gasteiger partial charge in [-0.25, -0.2) is 0 Å². The van der Waals surface area contributed by atoms with E-state index < -0.39 is 0 Å². The first-order valence-electron chi connectivity index (χ1n) is 21.3. The number of aromatic nitrogens is 1. The third kappa shape index (κ3) is 4.24. The fourth-order valence-electron chi connectivity index (χ4n) is 11.4. The Labute approximate surface area is 349 Å². The van der Waals surface area contributed by atoms with Crippen molar-refractivity contribution in [1.82, 2.24) is 4.57 Å². The third-order valence-electron chi connectivity index (χ3n) is 14.1. The maximum atomic E-state index is 2.59. The van der Waals surface area contributed by atoms with Crippen molar-refractivity contribution in [3.63, 3.8) is 0 Å². The highest BCUT2D eigenvalue weighted by Gasteiger charge is 2.22. The molecule has 61 heavy (non-hydrogen) atoms. The molecule has 15 aromatic rings. The van der Waals surface area contributed by atoms with Crippen LogP contribution in [0.4, 0.5) is 0 Å². The lowest BCUT2D eigenvalue weighted by Crippen LogP contribution is -1.97. The number of hydrogen-bond acceptors (Lipinski definition) is 0. The predicted octanol–water partition coefficient (Wildman–Crippen LogP) is 16.8. The van der Waals surface area contributed by atoms with Crippen LogP contribution in [0.1, 0.15) is 0 Å². The number of benzene rings is 14. The zero-order valence-electron chi connectivity index (χ0n) is 33.0. The number of hydrogen-bond donors (Lipinski definition) is 0. The molecule has 0 fully saturated rings. The van der Waals surface area contributed by atoms with Gasteiger partial charge in [0.05, 0.1) is 16.7 Å². The maximum Gasteiger partial charge on any atom is 0.0553 e. The summed E-state index contributed by atoms with van der Waals surface area (Å²) in [5.41, 5.74) is 8.58. The van der Waals surface area contributed by atoms with E-state index in [4.69, 9.17) is 0 Å². The van der Waals surface area contributed by atoms with Crippen LogP contribution in [0.3, 0.4) is 0 Å². The zero-order chi connectivity index (χ0) is 39.5. The van der Waals surface area contributed by atoms with Gasteiger partial charge < -0.3 is 4.57 Å². The van der Waals surface area contributed by atoms with Crippen LogP contribution in [0.5, 0.6) is 0 Å². The molecule has 0 bridgehead atoms. The highest BCUT2D eigenvalue weighted by Crippen LogP contribution is 2.47. The van der Waals surface area contributed by atoms with Gasteiger partial charge in [0.25, 0.3) is 0 Å². The standard InChI is InChI=1S/C60H33N/c1-2-12-49-38(7-1)31-52(51-14-4-3-13-50(49)51)61-53-32-47(45-25-39-19-15-34-8-5-9-35-16-20-40(26-45)57(39)55(34)35)29-43-23-24-44-30-48(33-54(61)60(44)59(43)53)46-27-41-21-17-36-10-6-11-37-18-22-42(28-46)58(41)56(36)37/h1-33H. The summed E-state index contributed by atoms with van der Waals surface area (Å²) in [6.45, 7) is 0. The van der Waals surface area contributed by atoms with Gasteiger partial charge in [-0.2, -0.15) is 0 Å². The van der Waals surface area contributed by atoms with Gasteiger partial charge in [-0.05, 0) is 168 Å². The van der Waals surface area contributed by atoms with E-state index in [1.54, 1.807) is 0 Å². The highest BCUT2D eigenvalue weighted by atomic mass is 15.0. The van der Waals surface area contributed by atoms with E-state index >= 15 is 0 Å². The molecule has 1 heteroatoms. The minimum absolute atomic E-state index is 1.20. The summed E-state index contributed by atoms with van der Waals surface area (Å²) in [7, 11) is 0. The van der Waals surface area contributed by atoms with Gasteiger partial charge >= 0.3 is 0 Å². The first kappa shape index (κ1) is 31.9. The second-order valence-electron chi connectivity index (χ2n) is 17.3. The Morgan fingerprint density at radius 2 is 0.541 bits per heavy atom. The third-order valence-corrected chi connectivity index (χ3v) is 14.1. The zero-order valence-corrected chi connectivity index (χ0v) is 33.0. The SMILES string of the molecule is c1ccc2c(c1)cc(-n1c3cc(-c4cc5ccc6cccc7ccc(c4)c5c67)cc4ccc5cc(-c6cc7ccc8cccc9ccc(c6)c7c89)cc1c5c43)c1ccccc12. The first-order valence-corrected chi connectivity index (χ1v) is 21.3. The molecule has 0 aliphatic rings. The van der Waals surface area contributed by atoms with Crippen LogP contribution in [0.25, 0.3) is 147 Å². The molecule has 0 N–H and O–H groups in total. The van der Waals surface area contributed by atoms with Crippen molar-refractivity contribution in [3.05, 3.63) is 200 Å². The Morgan fingerprint density at radius 3 is 1.00 bits per heavy atom. The lowest BCUT2D eigenvalue weighted by Gasteiger charge is -2.16. The molecule has 0 aliphatic carbocycles. The Bertz CT molecular complexity index is 3990. The van der Waals surface area contributed by atoms with Crippen LogP contribution in [-0.4, -0.2) is 4.57 Å². The minimum atomic E-state index is 1.20. The minimum Gasteiger partial charge on any atom is -0.309 e. The molecule has 1 nitrogen and oxygen atoms in total. The van der Waals surface area contributed by atoms with E-state index in [1.807, 2.05) is 0 Å². The first-order chi connectivity index (χ1) is 30.2. The normalized spacial score (nSPS) is 12.6. The van der Waals surface area contributed by atoms with Crippen LogP contribution >= 0.6 is 0 Å². The summed E-state index contributed by atoms with van der Waals surface area (Å²) in [6.07, 6.45) is 0. The highest BCUT2D eigenvalue weighted by molar-refractivity contribution is 6.29. The molecule has 0 aliphatic heterocycles. The average Bonchev–Trinajstić information content (AvgIpc) is 3.65. The van der Waals surface area contributed by atoms with Crippen molar-refractivity contribution in [2.75, 3.05) is 0 Å². The predicted molar refractivity (Wildman–Crippen MR) is 263 cm³/mol. The summed E-state index contributed by atoms with van der Waals surface area (Å²) < 4.78 is 2.59. The Hall–Kier alpha value is -8.00. The Balaban J connectivity index is 1.05. The topological polar surface area (TPSA) is 4.93 Å². The van der Waals surface area contributed by atoms with Crippen LogP contribution in [0.2, 0.25) is 0 Å². The van der Waals surface area contributed by atoms with Crippen molar-refractivity contribution in [2.45, 2.75) is 0 Å². The summed E-state index contributed by atoms with van der Waals surface area (Å²) in [4.78, 5) is 0. The van der Waals surface area contributed by atoms with Gasteiger partial charge in [-0.15, -0.1) is 0 Å². The van der Waals surface area contributed by atoms with E-state index in [0.29, 0.717) is 0 Å². The van der Waals surface area contributed by atoms with E-state index in [1.165, 1.54) is 147 Å². The number of rotatable bonds is 3. The van der Waals surface area contributed by atoms with E-state index in [2.05, 4.69) is 205 Å². The fourth-order valence-corrected chi connectivity index (χ4v) is 11.4. The molecular formula is C60H33N. The molecule has 1 heterocycles. The smallest absolute Gasteiger partial charge is 0.0553 e. The van der Waals surface area contributed by atoms with Crippen molar-refractivity contribution in [1.29, 1.82) is 0 Å². The van der Waals surface area contributed by atoms with Gasteiger partial charge in [0, 0.05) is 16.2 Å². The molecule has 0 spiro atoms. The average molecular weight is 768 g/mol. The molecule has 0 unspecified atom stereocenters. The van der Waals surface area contributed by atoms with E-state index in [0.717, 1.165) is 0 Å². The van der Waals surface area contributed by atoms with Crippen LogP contribution in [-0.2, 0) is 0 Å². The molecule has 14 aromatic carbocycles. The summed E-state index contributed by atoms with van der Waals surface area (Å²) >= 11 is 0. The largest absolute Gasteiger partial charge is 0.309 e. The van der Waals surface area contributed by atoms with Gasteiger partial charge in [0.1, 0.15) is 0 Å². The molecule has 0 amide bonds. The van der Waals surface area contributed by atoms with E-state index in [9.17, 15) is 0 Å². The molecule has 0 saturated carbocycles. The van der Waals surface area contributed by atoms with Crippen molar-refractivity contribution in [3.8, 4) is 27.9 Å². The molecule has 1 aromatic heterocycles. The van der Waals surface area contributed by atoms with Gasteiger partial charge in [-0.3, -0.25) is 0 Å². The van der Waals surface area contributed by atoms with Crippen molar-refractivity contribution in [2.24, 2.45) is 0 Å². The van der Waals surface area contributed by atoms with Crippen molar-refractivity contribution < 1.29 is 0 Å². The molecule has 0 saturated heterocycles. The second kappa shape index (κ2) is 11.4.